The molecule has 0 spiro atoms. The zero-order chi connectivity index (χ0) is 14.0. The summed E-state index contributed by atoms with van der Waals surface area (Å²) < 4.78 is 2.92. The maximum atomic E-state index is 10.7. The summed E-state index contributed by atoms with van der Waals surface area (Å²) in [6.07, 6.45) is 0.554. The van der Waals surface area contributed by atoms with Gasteiger partial charge in [0.1, 0.15) is 0 Å². The lowest BCUT2D eigenvalue weighted by Gasteiger charge is -2.24. The Hall–Kier alpha value is -1.13. The summed E-state index contributed by atoms with van der Waals surface area (Å²) in [5, 5.41) is 15.2. The lowest BCUT2D eigenvalue weighted by atomic mass is 9.91. The fourth-order valence-electron chi connectivity index (χ4n) is 2.29. The summed E-state index contributed by atoms with van der Waals surface area (Å²) in [7, 11) is 0. The van der Waals surface area contributed by atoms with E-state index in [9.17, 15) is 5.11 Å². The van der Waals surface area contributed by atoms with Gasteiger partial charge in [-0.15, -0.1) is 0 Å². The van der Waals surface area contributed by atoms with E-state index in [1.807, 2.05) is 48.9 Å². The summed E-state index contributed by atoms with van der Waals surface area (Å²) in [5.41, 5.74) is 2.05. The van der Waals surface area contributed by atoms with E-state index < -0.39 is 5.60 Å². The fourth-order valence-corrected chi connectivity index (χ4v) is 2.69. The Morgan fingerprint density at radius 2 is 2.11 bits per heavy atom. The monoisotopic (exact) mass is 322 g/mol. The number of nitrogens with zero attached hydrogens (tertiary/aromatic N) is 2. The van der Waals surface area contributed by atoms with Crippen molar-refractivity contribution < 1.29 is 5.11 Å². The molecule has 19 heavy (non-hydrogen) atoms. The molecule has 2 aromatic rings. The number of hydrogen-bond acceptors (Lipinski definition) is 2. The van der Waals surface area contributed by atoms with Crippen LogP contribution in [-0.4, -0.2) is 14.9 Å². The molecule has 1 heterocycles. The lowest BCUT2D eigenvalue weighted by molar-refractivity contribution is 0.0553. The molecule has 1 atom stereocenters. The minimum absolute atomic E-state index is 0.554. The molecule has 1 unspecified atom stereocenters. The second kappa shape index (κ2) is 5.47. The summed E-state index contributed by atoms with van der Waals surface area (Å²) >= 11 is 3.44. The van der Waals surface area contributed by atoms with Gasteiger partial charge in [0, 0.05) is 23.1 Å². The highest BCUT2D eigenvalue weighted by molar-refractivity contribution is 9.10. The third-order valence-corrected chi connectivity index (χ3v) is 3.75. The number of benzene rings is 1. The van der Waals surface area contributed by atoms with Crippen molar-refractivity contribution in [3.63, 3.8) is 0 Å². The topological polar surface area (TPSA) is 38.0 Å². The number of rotatable bonds is 4. The Morgan fingerprint density at radius 1 is 1.37 bits per heavy atom. The highest BCUT2D eigenvalue weighted by Crippen LogP contribution is 2.27. The van der Waals surface area contributed by atoms with Gasteiger partial charge >= 0.3 is 0 Å². The van der Waals surface area contributed by atoms with Gasteiger partial charge in [0.05, 0.1) is 11.3 Å². The third kappa shape index (κ3) is 3.25. The van der Waals surface area contributed by atoms with Gasteiger partial charge in [-0.2, -0.15) is 5.10 Å². The molecule has 0 amide bonds. The summed E-state index contributed by atoms with van der Waals surface area (Å²) in [6, 6.07) is 9.84. The molecule has 0 radical (unpaired) electrons. The number of halogens is 1. The average Bonchev–Trinajstić information content (AvgIpc) is 2.68. The van der Waals surface area contributed by atoms with Crippen LogP contribution in [0.1, 0.15) is 30.8 Å². The third-order valence-electron chi connectivity index (χ3n) is 3.26. The molecule has 0 aliphatic rings. The second-order valence-electron chi connectivity index (χ2n) is 5.05. The quantitative estimate of drug-likeness (QED) is 0.936. The van der Waals surface area contributed by atoms with Crippen molar-refractivity contribution in [2.75, 3.05) is 0 Å². The molecular weight excluding hydrogens is 304 g/mol. The molecule has 102 valence electrons. The molecule has 0 fully saturated rings. The van der Waals surface area contributed by atoms with E-state index in [1.165, 1.54) is 0 Å². The summed E-state index contributed by atoms with van der Waals surface area (Å²) in [6.45, 7) is 6.70. The summed E-state index contributed by atoms with van der Waals surface area (Å²) in [5.74, 6) is 0. The lowest BCUT2D eigenvalue weighted by Crippen LogP contribution is -2.25. The Morgan fingerprint density at radius 3 is 2.74 bits per heavy atom. The Bertz CT molecular complexity index is 575. The van der Waals surface area contributed by atoms with Crippen LogP contribution in [0.25, 0.3) is 0 Å². The number of hydrogen-bond donors (Lipinski definition) is 1. The Balaban J connectivity index is 2.30. The van der Waals surface area contributed by atoms with E-state index in [-0.39, 0.29) is 0 Å². The van der Waals surface area contributed by atoms with Crippen LogP contribution in [0.3, 0.4) is 0 Å². The van der Waals surface area contributed by atoms with Crippen LogP contribution in [0, 0.1) is 6.92 Å². The molecule has 2 rings (SSSR count). The van der Waals surface area contributed by atoms with Gasteiger partial charge < -0.3 is 5.11 Å². The first kappa shape index (κ1) is 14.3. The molecule has 0 aliphatic carbocycles. The predicted molar refractivity (Wildman–Crippen MR) is 80.1 cm³/mol. The van der Waals surface area contributed by atoms with Gasteiger partial charge in [0.2, 0.25) is 0 Å². The van der Waals surface area contributed by atoms with Crippen LogP contribution in [-0.2, 0) is 18.6 Å². The molecule has 1 aromatic heterocycles. The first-order valence-electron chi connectivity index (χ1n) is 6.44. The maximum Gasteiger partial charge on any atom is 0.0924 e. The van der Waals surface area contributed by atoms with Crippen LogP contribution >= 0.6 is 15.9 Å². The molecule has 1 N–H and O–H groups in total. The zero-order valence-corrected chi connectivity index (χ0v) is 13.1. The number of aliphatic hydroxyl groups is 1. The van der Waals surface area contributed by atoms with Crippen molar-refractivity contribution in [3.05, 3.63) is 51.8 Å². The molecule has 0 saturated heterocycles. The van der Waals surface area contributed by atoms with Crippen molar-refractivity contribution >= 4 is 15.9 Å². The molecule has 4 heteroatoms. The average molecular weight is 323 g/mol. The van der Waals surface area contributed by atoms with E-state index >= 15 is 0 Å². The zero-order valence-electron chi connectivity index (χ0n) is 11.5. The first-order valence-corrected chi connectivity index (χ1v) is 7.23. The van der Waals surface area contributed by atoms with E-state index in [4.69, 9.17) is 0 Å². The fraction of sp³-hybridized carbons (Fsp3) is 0.400. The van der Waals surface area contributed by atoms with Crippen LogP contribution < -0.4 is 0 Å². The Labute approximate surface area is 122 Å². The Kier molecular flexibility index (Phi) is 4.11. The minimum Gasteiger partial charge on any atom is -0.385 e. The van der Waals surface area contributed by atoms with E-state index in [0.29, 0.717) is 6.42 Å². The van der Waals surface area contributed by atoms with Gasteiger partial charge in [-0.25, -0.2) is 0 Å². The molecule has 0 bridgehead atoms. The van der Waals surface area contributed by atoms with E-state index in [0.717, 1.165) is 28.0 Å². The van der Waals surface area contributed by atoms with Crippen molar-refractivity contribution in [1.29, 1.82) is 0 Å². The van der Waals surface area contributed by atoms with Crippen LogP contribution in [0.2, 0.25) is 0 Å². The standard InChI is InChI=1S/C15H19BrN2O/c1-4-18-14(8-11(2)17-18)10-15(3,19)12-6-5-7-13(16)9-12/h5-9,19H,4,10H2,1-3H3. The normalized spacial score (nSPS) is 14.4. The van der Waals surface area contributed by atoms with Crippen molar-refractivity contribution in [3.8, 4) is 0 Å². The highest BCUT2D eigenvalue weighted by atomic mass is 79.9. The van der Waals surface area contributed by atoms with Gasteiger partial charge in [0.25, 0.3) is 0 Å². The molecule has 0 aliphatic heterocycles. The maximum absolute atomic E-state index is 10.7. The van der Waals surface area contributed by atoms with Crippen LogP contribution in [0.5, 0.6) is 0 Å². The summed E-state index contributed by atoms with van der Waals surface area (Å²) in [4.78, 5) is 0. The van der Waals surface area contributed by atoms with Gasteiger partial charge in [0.15, 0.2) is 0 Å². The number of aryl methyl sites for hydroxylation is 2. The van der Waals surface area contributed by atoms with Gasteiger partial charge in [-0.05, 0) is 44.5 Å². The van der Waals surface area contributed by atoms with Gasteiger partial charge in [-0.3, -0.25) is 4.68 Å². The first-order chi connectivity index (χ1) is 8.92. The molecule has 0 saturated carbocycles. The molecule has 3 nitrogen and oxygen atoms in total. The second-order valence-corrected chi connectivity index (χ2v) is 5.97. The molecule has 1 aromatic carbocycles. The van der Waals surface area contributed by atoms with Crippen molar-refractivity contribution in [2.45, 2.75) is 39.3 Å². The van der Waals surface area contributed by atoms with E-state index in [1.54, 1.807) is 0 Å². The minimum atomic E-state index is -0.900. The number of aromatic nitrogens is 2. The van der Waals surface area contributed by atoms with Crippen LogP contribution in [0.15, 0.2) is 34.8 Å². The van der Waals surface area contributed by atoms with Crippen LogP contribution in [0.4, 0.5) is 0 Å². The molecular formula is C15H19BrN2O. The highest BCUT2D eigenvalue weighted by Gasteiger charge is 2.25. The SMILES string of the molecule is CCn1nc(C)cc1CC(C)(O)c1cccc(Br)c1. The smallest absolute Gasteiger partial charge is 0.0924 e. The van der Waals surface area contributed by atoms with Crippen molar-refractivity contribution in [1.82, 2.24) is 9.78 Å². The van der Waals surface area contributed by atoms with Gasteiger partial charge in [-0.1, -0.05) is 28.1 Å². The predicted octanol–water partition coefficient (Wildman–Crippen LogP) is 3.42. The van der Waals surface area contributed by atoms with Crippen molar-refractivity contribution in [2.24, 2.45) is 0 Å². The van der Waals surface area contributed by atoms with E-state index in [2.05, 4.69) is 28.0 Å². The largest absolute Gasteiger partial charge is 0.385 e.